The number of carbonyl (C=O) groups excluding carboxylic acids is 1. The van der Waals surface area contributed by atoms with Crippen LogP contribution in [-0.4, -0.2) is 40.5 Å². The van der Waals surface area contributed by atoms with E-state index in [0.29, 0.717) is 19.1 Å². The Morgan fingerprint density at radius 2 is 1.72 bits per heavy atom. The molecule has 204 valence electrons. The molecule has 0 aliphatic heterocycles. The lowest BCUT2D eigenvalue weighted by molar-refractivity contribution is -0.564. The van der Waals surface area contributed by atoms with Crippen LogP contribution in [-0.2, 0) is 16.1 Å². The van der Waals surface area contributed by atoms with Crippen LogP contribution in [0.1, 0.15) is 129 Å². The molecule has 5 heteroatoms. The minimum absolute atomic E-state index is 0.0327. The van der Waals surface area contributed by atoms with Crippen LogP contribution < -0.4 is 4.98 Å². The van der Waals surface area contributed by atoms with Crippen LogP contribution >= 0.6 is 0 Å². The Kier molecular flexibility index (Phi) is 20.7. The number of hydrogen-bond acceptors (Lipinski definition) is 2. The Labute approximate surface area is 222 Å². The number of nitrogens with zero attached hydrogens (tertiary/aromatic N) is 3. The average Bonchev–Trinajstić information content (AvgIpc) is 3.40. The number of aryl methyl sites for hydroxylation is 1. The Morgan fingerprint density at radius 1 is 1.00 bits per heavy atom. The van der Waals surface area contributed by atoms with Crippen molar-refractivity contribution in [2.24, 2.45) is 0 Å². The molecule has 0 radical (unpaired) electrons. The summed E-state index contributed by atoms with van der Waals surface area (Å²) in [7, 11) is 0. The molecular formula is C31H55N3O2+2. The maximum absolute atomic E-state index is 11.9. The number of aromatic nitrogens is 2. The van der Waals surface area contributed by atoms with Gasteiger partial charge in [0.05, 0.1) is 6.61 Å². The van der Waals surface area contributed by atoms with Gasteiger partial charge in [-0.25, -0.2) is 4.58 Å². The van der Waals surface area contributed by atoms with Crippen molar-refractivity contribution in [3.63, 3.8) is 0 Å². The van der Waals surface area contributed by atoms with Gasteiger partial charge in [0.2, 0.25) is 6.20 Å². The van der Waals surface area contributed by atoms with Gasteiger partial charge in [0, 0.05) is 32.1 Å². The maximum Gasteiger partial charge on any atom is 0.382 e. The quantitative estimate of drug-likeness (QED) is 0.0471. The SMILES string of the molecule is C=CCC(CCCCCC(=O)OCCCCC)[N+](=CCCCCCCCCC)CCCn1c#[n+]cc1. The highest BCUT2D eigenvalue weighted by Gasteiger charge is 2.19. The summed E-state index contributed by atoms with van der Waals surface area (Å²) >= 11 is 0. The van der Waals surface area contributed by atoms with Gasteiger partial charge in [0.25, 0.3) is 0 Å². The van der Waals surface area contributed by atoms with Crippen molar-refractivity contribution < 1.29 is 19.1 Å². The van der Waals surface area contributed by atoms with E-state index < -0.39 is 0 Å². The summed E-state index contributed by atoms with van der Waals surface area (Å²) in [5, 5.41) is 0. The Bertz CT molecular complexity index is 669. The summed E-state index contributed by atoms with van der Waals surface area (Å²) in [6.45, 7) is 11.0. The molecule has 1 aromatic heterocycles. The van der Waals surface area contributed by atoms with Crippen molar-refractivity contribution in [1.82, 2.24) is 4.57 Å². The van der Waals surface area contributed by atoms with Crippen molar-refractivity contribution in [3.8, 4) is 0 Å². The molecule has 0 aromatic carbocycles. The predicted molar refractivity (Wildman–Crippen MR) is 149 cm³/mol. The van der Waals surface area contributed by atoms with Crippen molar-refractivity contribution in [1.29, 1.82) is 0 Å². The van der Waals surface area contributed by atoms with E-state index in [1.807, 2.05) is 10.8 Å². The molecule has 1 atom stereocenters. The molecule has 0 fully saturated rings. The van der Waals surface area contributed by atoms with Crippen molar-refractivity contribution >= 4 is 12.2 Å². The summed E-state index contributed by atoms with van der Waals surface area (Å²) in [5.41, 5.74) is 0. The zero-order valence-corrected chi connectivity index (χ0v) is 23.6. The van der Waals surface area contributed by atoms with Crippen molar-refractivity contribution in [2.45, 2.75) is 142 Å². The number of unbranched alkanes of at least 4 members (excludes halogenated alkanes) is 11. The summed E-state index contributed by atoms with van der Waals surface area (Å²) in [4.78, 5) is 16.0. The summed E-state index contributed by atoms with van der Waals surface area (Å²) in [6.07, 6.45) is 32.1. The van der Waals surface area contributed by atoms with Gasteiger partial charge in [-0.05, 0) is 25.7 Å². The van der Waals surface area contributed by atoms with Crippen LogP contribution in [0, 0.1) is 6.33 Å². The third-order valence-electron chi connectivity index (χ3n) is 6.83. The molecule has 0 aliphatic carbocycles. The van der Waals surface area contributed by atoms with Gasteiger partial charge in [-0.3, -0.25) is 4.79 Å². The zero-order valence-electron chi connectivity index (χ0n) is 23.6. The van der Waals surface area contributed by atoms with Gasteiger partial charge in [0.1, 0.15) is 19.3 Å². The van der Waals surface area contributed by atoms with Crippen molar-refractivity contribution in [3.05, 3.63) is 31.4 Å². The Hall–Kier alpha value is -2.09. The van der Waals surface area contributed by atoms with Gasteiger partial charge in [-0.1, -0.05) is 77.7 Å². The second kappa shape index (κ2) is 23.3. The lowest BCUT2D eigenvalue weighted by Crippen LogP contribution is -2.29. The lowest BCUT2D eigenvalue weighted by atomic mass is 10.0. The van der Waals surface area contributed by atoms with E-state index in [2.05, 4.69) is 48.6 Å². The van der Waals surface area contributed by atoms with E-state index in [9.17, 15) is 4.79 Å². The standard InChI is InChI=1S/C31H55N3O2/c1-4-7-9-10-11-12-13-17-25-34(26-19-24-33-27-23-32-29-33)30(20-6-3)21-15-14-16-22-31(35)36-28-18-8-5-2/h6,23,25,27,30H,3-5,7-22,24,26,28H2,1-2H3/q+2. The number of ether oxygens (including phenoxy) is 1. The van der Waals surface area contributed by atoms with E-state index in [1.54, 1.807) is 6.20 Å². The van der Waals surface area contributed by atoms with Gasteiger partial charge in [0.15, 0.2) is 12.2 Å². The molecule has 0 bridgehead atoms. The topological polar surface area (TPSA) is 48.3 Å². The maximum atomic E-state index is 11.9. The largest absolute Gasteiger partial charge is 0.466 e. The molecule has 36 heavy (non-hydrogen) atoms. The van der Waals surface area contributed by atoms with E-state index in [0.717, 1.165) is 77.3 Å². The first kappa shape index (κ1) is 31.9. The molecule has 0 spiro atoms. The fourth-order valence-electron chi connectivity index (χ4n) is 4.63. The van der Waals surface area contributed by atoms with Crippen LogP contribution in [0.4, 0.5) is 0 Å². The highest BCUT2D eigenvalue weighted by atomic mass is 16.5. The minimum atomic E-state index is -0.0327. The number of rotatable bonds is 25. The molecule has 0 saturated heterocycles. The first-order valence-electron chi connectivity index (χ1n) is 15.0. The fraction of sp³-hybridized carbons (Fsp3) is 0.774. The van der Waals surface area contributed by atoms with Gasteiger partial charge in [-0.2, -0.15) is 9.55 Å². The van der Waals surface area contributed by atoms with Crippen LogP contribution in [0.2, 0.25) is 0 Å². The van der Waals surface area contributed by atoms with Crippen molar-refractivity contribution in [2.75, 3.05) is 13.2 Å². The fourth-order valence-corrected chi connectivity index (χ4v) is 4.63. The minimum Gasteiger partial charge on any atom is -0.466 e. The van der Waals surface area contributed by atoms with Crippen LogP contribution in [0.25, 0.3) is 0 Å². The van der Waals surface area contributed by atoms with Gasteiger partial charge in [-0.15, -0.1) is 6.58 Å². The second-order valence-electron chi connectivity index (χ2n) is 10.1. The highest BCUT2D eigenvalue weighted by Crippen LogP contribution is 2.14. The van der Waals surface area contributed by atoms with Crippen LogP contribution in [0.5, 0.6) is 0 Å². The smallest absolute Gasteiger partial charge is 0.382 e. The molecule has 0 amide bonds. The third-order valence-corrected chi connectivity index (χ3v) is 6.83. The number of hydrogen-bond donors (Lipinski definition) is 0. The van der Waals surface area contributed by atoms with Crippen LogP contribution in [0.15, 0.2) is 25.0 Å². The number of esters is 1. The van der Waals surface area contributed by atoms with E-state index >= 15 is 0 Å². The summed E-state index contributed by atoms with van der Waals surface area (Å²) in [6, 6.07) is 0.486. The van der Waals surface area contributed by atoms with Gasteiger partial charge >= 0.3 is 12.3 Å². The summed E-state index contributed by atoms with van der Waals surface area (Å²) < 4.78 is 9.96. The normalized spacial score (nSPS) is 12.3. The lowest BCUT2D eigenvalue weighted by Gasteiger charge is -2.15. The molecule has 1 rings (SSSR count). The third kappa shape index (κ3) is 17.4. The summed E-state index contributed by atoms with van der Waals surface area (Å²) in [5.74, 6) is -0.0327. The molecule has 0 aliphatic rings. The molecule has 1 unspecified atom stereocenters. The van der Waals surface area contributed by atoms with E-state index in [-0.39, 0.29) is 5.97 Å². The average molecular weight is 502 g/mol. The van der Waals surface area contributed by atoms with Gasteiger partial charge < -0.3 is 4.74 Å². The molecule has 5 nitrogen and oxygen atoms in total. The first-order chi connectivity index (χ1) is 17.7. The predicted octanol–water partition coefficient (Wildman–Crippen LogP) is 7.13. The highest BCUT2D eigenvalue weighted by molar-refractivity contribution is 5.69. The number of carbonyl (C=O) groups is 1. The first-order valence-corrected chi connectivity index (χ1v) is 15.0. The molecular weight excluding hydrogens is 446 g/mol. The van der Waals surface area contributed by atoms with E-state index in [4.69, 9.17) is 4.74 Å². The molecule has 1 heterocycles. The Balaban J connectivity index is 2.46. The zero-order chi connectivity index (χ0) is 26.1. The molecule has 0 saturated carbocycles. The Morgan fingerprint density at radius 3 is 2.44 bits per heavy atom. The van der Waals surface area contributed by atoms with E-state index in [1.165, 1.54) is 44.9 Å². The van der Waals surface area contributed by atoms with Crippen LogP contribution in [0.3, 0.4) is 0 Å². The second-order valence-corrected chi connectivity index (χ2v) is 10.1. The molecule has 1 aromatic rings. The molecule has 0 N–H and O–H groups in total. The monoisotopic (exact) mass is 501 g/mol.